The first-order chi connectivity index (χ1) is 12.7. The third-order valence-electron chi connectivity index (χ3n) is 5.79. The normalized spacial score (nSPS) is 21.7. The van der Waals surface area contributed by atoms with Gasteiger partial charge in [-0.05, 0) is 0 Å². The van der Waals surface area contributed by atoms with E-state index in [0.717, 1.165) is 0 Å². The fourth-order valence-electron chi connectivity index (χ4n) is 4.32. The van der Waals surface area contributed by atoms with Crippen LogP contribution < -0.4 is 4.90 Å². The predicted octanol–water partition coefficient (Wildman–Crippen LogP) is 7.47. The zero-order valence-corrected chi connectivity index (χ0v) is 22.0. The molecule has 0 radical (unpaired) electrons. The zero-order chi connectivity index (χ0) is 21.5. The van der Waals surface area contributed by atoms with E-state index >= 15 is 0 Å². The van der Waals surface area contributed by atoms with Gasteiger partial charge in [0.1, 0.15) is 0 Å². The van der Waals surface area contributed by atoms with Crippen molar-refractivity contribution < 1.29 is 0 Å². The van der Waals surface area contributed by atoms with E-state index in [0.29, 0.717) is 12.0 Å². The number of nitrogens with zero attached hydrogens (tertiary/aromatic N) is 1. The van der Waals surface area contributed by atoms with Crippen LogP contribution in [-0.2, 0) is 0 Å². The van der Waals surface area contributed by atoms with Crippen molar-refractivity contribution in [3.05, 3.63) is 52.9 Å². The Morgan fingerprint density at radius 3 is 1.79 bits per heavy atom. The molecule has 28 heavy (non-hydrogen) atoms. The standard InChI is InChI=1S/C25H38NPSe/c1-23(2,3)18-16-19(24(4,5)6)22(27-28)20(25(7,8)9)21(18)26(10)17-14-12-11-13-15-17/h11-16,20-21H,1-10H3. The fourth-order valence-corrected chi connectivity index (χ4v) is 6.79. The molecule has 2 unspecified atom stereocenters. The number of allylic oxidation sites excluding steroid dienone is 2. The molecule has 0 amide bonds. The Hall–Kier alpha value is -0.681. The molecule has 154 valence electrons. The van der Waals surface area contributed by atoms with Gasteiger partial charge in [0.2, 0.25) is 0 Å². The summed E-state index contributed by atoms with van der Waals surface area (Å²) in [5.74, 6) is 0.439. The van der Waals surface area contributed by atoms with Gasteiger partial charge in [0, 0.05) is 0 Å². The summed E-state index contributed by atoms with van der Waals surface area (Å²) < 4.78 is 0. The van der Waals surface area contributed by atoms with E-state index in [1.165, 1.54) is 23.7 Å². The maximum absolute atomic E-state index is 3.34. The van der Waals surface area contributed by atoms with Crippen molar-refractivity contribution in [2.45, 2.75) is 68.4 Å². The van der Waals surface area contributed by atoms with E-state index in [1.54, 1.807) is 5.31 Å². The monoisotopic (exact) mass is 463 g/mol. The van der Waals surface area contributed by atoms with E-state index < -0.39 is 0 Å². The predicted molar refractivity (Wildman–Crippen MR) is 128 cm³/mol. The average Bonchev–Trinajstić information content (AvgIpc) is 2.57. The molecular formula is C25H38NPSe. The summed E-state index contributed by atoms with van der Waals surface area (Å²) in [6.45, 7) is 22.6. The van der Waals surface area contributed by atoms with E-state index in [4.69, 9.17) is 0 Å². The van der Waals surface area contributed by atoms with Crippen molar-refractivity contribution in [2.75, 3.05) is 11.9 Å². The number of hydrogen-bond donors (Lipinski definition) is 0. The maximum atomic E-state index is 3.34. The van der Waals surface area contributed by atoms with Gasteiger partial charge in [0.05, 0.1) is 0 Å². The second-order valence-electron chi connectivity index (χ2n) is 11.2. The first-order valence-electron chi connectivity index (χ1n) is 10.3. The Morgan fingerprint density at radius 1 is 0.857 bits per heavy atom. The van der Waals surface area contributed by atoms with Crippen molar-refractivity contribution in [1.29, 1.82) is 0 Å². The van der Waals surface area contributed by atoms with Crippen molar-refractivity contribution in [2.24, 2.45) is 22.2 Å². The molecule has 1 aromatic rings. The summed E-state index contributed by atoms with van der Waals surface area (Å²) >= 11 is 3.34. The quantitative estimate of drug-likeness (QED) is 0.333. The molecule has 2 atom stereocenters. The van der Waals surface area contributed by atoms with Crippen molar-refractivity contribution in [1.82, 2.24) is 0 Å². The first kappa shape index (κ1) is 23.6. The molecule has 1 aromatic carbocycles. The summed E-state index contributed by atoms with van der Waals surface area (Å²) in [6, 6.07) is 11.2. The number of benzene rings is 1. The Balaban J connectivity index is 2.82. The molecule has 2 rings (SSSR count). The van der Waals surface area contributed by atoms with Gasteiger partial charge < -0.3 is 0 Å². The second kappa shape index (κ2) is 8.22. The van der Waals surface area contributed by atoms with E-state index in [2.05, 4.69) is 126 Å². The summed E-state index contributed by atoms with van der Waals surface area (Å²) in [6.07, 6.45) is 2.53. The minimum absolute atomic E-state index is 0.105. The number of hydrogen-bond acceptors (Lipinski definition) is 1. The van der Waals surface area contributed by atoms with E-state index in [9.17, 15) is 0 Å². The molecule has 0 bridgehead atoms. The summed E-state index contributed by atoms with van der Waals surface area (Å²) in [4.78, 5) is 2.51. The van der Waals surface area contributed by atoms with Crippen LogP contribution in [0.5, 0.6) is 0 Å². The Kier molecular flexibility index (Phi) is 6.92. The van der Waals surface area contributed by atoms with Gasteiger partial charge in [-0.1, -0.05) is 0 Å². The topological polar surface area (TPSA) is 3.24 Å². The van der Waals surface area contributed by atoms with Gasteiger partial charge in [-0.2, -0.15) is 0 Å². The third kappa shape index (κ3) is 4.89. The average molecular weight is 463 g/mol. The summed E-state index contributed by atoms with van der Waals surface area (Å²) in [7, 11) is 2.27. The van der Waals surface area contributed by atoms with Gasteiger partial charge >= 0.3 is 183 Å². The molecule has 0 aliphatic heterocycles. The van der Waals surface area contributed by atoms with Crippen molar-refractivity contribution >= 4 is 27.6 Å². The van der Waals surface area contributed by atoms with Crippen molar-refractivity contribution in [3.63, 3.8) is 0 Å². The van der Waals surface area contributed by atoms with Gasteiger partial charge in [-0.3, -0.25) is 0 Å². The van der Waals surface area contributed by atoms with Crippen LogP contribution in [0, 0.1) is 22.2 Å². The van der Waals surface area contributed by atoms with Gasteiger partial charge in [-0.25, -0.2) is 0 Å². The molecule has 0 heterocycles. The third-order valence-corrected chi connectivity index (χ3v) is 7.74. The zero-order valence-electron chi connectivity index (χ0n) is 19.4. The van der Waals surface area contributed by atoms with Crippen LogP contribution >= 0.6 is 6.83 Å². The number of likely N-dealkylation sites (N-methyl/N-ethyl adjacent to an activating group) is 1. The molecular weight excluding hydrogens is 424 g/mol. The van der Waals surface area contributed by atoms with Crippen LogP contribution in [0.25, 0.3) is 0 Å². The van der Waals surface area contributed by atoms with Crippen molar-refractivity contribution in [3.8, 4) is 0 Å². The van der Waals surface area contributed by atoms with Gasteiger partial charge in [0.25, 0.3) is 0 Å². The van der Waals surface area contributed by atoms with E-state index in [1.807, 2.05) is 0 Å². The molecule has 0 saturated heterocycles. The second-order valence-corrected chi connectivity index (χ2v) is 13.0. The fraction of sp³-hybridized carbons (Fsp3) is 0.600. The van der Waals surface area contributed by atoms with Crippen LogP contribution in [0.2, 0.25) is 0 Å². The molecule has 0 spiro atoms. The van der Waals surface area contributed by atoms with Gasteiger partial charge in [0.15, 0.2) is 0 Å². The van der Waals surface area contributed by atoms with Crippen LogP contribution in [-0.4, -0.2) is 28.2 Å². The molecule has 0 saturated carbocycles. The molecule has 1 aliphatic carbocycles. The number of para-hydroxylation sites is 1. The molecule has 3 heteroatoms. The Bertz CT molecular complexity index is 769. The number of anilines is 1. The minimum atomic E-state index is 0.105. The van der Waals surface area contributed by atoms with Gasteiger partial charge in [-0.15, -0.1) is 0 Å². The van der Waals surface area contributed by atoms with Crippen LogP contribution in [0.3, 0.4) is 0 Å². The molecule has 0 fully saturated rings. The Labute approximate surface area is 182 Å². The Morgan fingerprint density at radius 2 is 1.39 bits per heavy atom. The molecule has 1 aliphatic rings. The van der Waals surface area contributed by atoms with E-state index in [-0.39, 0.29) is 16.2 Å². The van der Waals surface area contributed by atoms with Crippen LogP contribution in [0.4, 0.5) is 5.69 Å². The molecule has 0 N–H and O–H groups in total. The summed E-state index contributed by atoms with van der Waals surface area (Å²) in [5.41, 5.74) is 4.72. The molecule has 0 aromatic heterocycles. The summed E-state index contributed by atoms with van der Waals surface area (Å²) in [5, 5.41) is 1.56. The SMILES string of the molecule is CN(c1ccccc1)C1C(C(C)(C)C)=CC(C(C)(C)C)=C(P=[Se])C1C(C)(C)C. The molecule has 1 nitrogen and oxygen atoms in total. The van der Waals surface area contributed by atoms with Crippen LogP contribution in [0.1, 0.15) is 62.3 Å². The number of rotatable bonds is 3. The first-order valence-corrected chi connectivity index (χ1v) is 13.4. The van der Waals surface area contributed by atoms with Crippen LogP contribution in [0.15, 0.2) is 52.9 Å².